The second kappa shape index (κ2) is 39.3. The van der Waals surface area contributed by atoms with Gasteiger partial charge >= 0.3 is 0 Å². The Hall–Kier alpha value is -4.56. The van der Waals surface area contributed by atoms with Crippen LogP contribution in [0.15, 0.2) is 97.1 Å². The van der Waals surface area contributed by atoms with Crippen LogP contribution in [-0.4, -0.2) is 160 Å². The van der Waals surface area contributed by atoms with Gasteiger partial charge in [0.15, 0.2) is 0 Å². The average molecular weight is 1850 g/mol. The molecule has 31 rings (SSSR count). The van der Waals surface area contributed by atoms with Crippen molar-refractivity contribution in [3.63, 3.8) is 0 Å². The standard InChI is InChI=1S/C30H43NO4.C29H41NO5.C29H41NO4.C26H36O4/c1-2-12-31(13-3-1)14-5-15-32-28-9-7-24(8-10-28)25-6-4-11-29(21-25)33-30(35-34-29)26-17-22-16-23(19-26)20-27(30)18-22;1-3-24(23-4-6-27(7-5-23)32-12-2-9-30-10-13-31-14-11-30)20-28(8-1)33-29(35-34-28)25-16-21-15-22(18-25)19-26(29)17-21;1-2-11-30(12-3-1)13-14-31-27-8-6-23(7-9-27)24-5-4-10-28(20-24)32-29(34-33-28)25-16-21-15-22(18-25)19-26(29)17-21;1-2-3-11-27-24-8-6-20(7-9-24)21-5-4-10-25(17-21)28-26(30-29-25)22-13-18-12-19(15-22)16-23(26)14-18/h7-10,22-23,25-27H,1-6,11-21H2;4-7,21-22,24-26H,1-3,8-20H2;6-9,21-22,24-26H,1-5,10-20H2;6-9,18-19,21-23H,2-5,10-17H2,1H3/t22?,23?,25?,26?,27?,29-,30?;2*21?,22?,24?,25?,26?,28-,29?;18?,19?,21?,22?,23?,25-,26?/m1111/s1. The number of ether oxygens (including phenoxy) is 9. The summed E-state index contributed by atoms with van der Waals surface area (Å²) in [5.74, 6) is 13.1. The Balaban J connectivity index is 0.0000000983. The maximum absolute atomic E-state index is 6.97. The summed E-state index contributed by atoms with van der Waals surface area (Å²) in [6.07, 6.45) is 55.3. The number of hydrogen-bond acceptors (Lipinski definition) is 20. The summed E-state index contributed by atoms with van der Waals surface area (Å²) in [6, 6.07) is 35.1. The fourth-order valence-corrected chi connectivity index (χ4v) is 33.2. The van der Waals surface area contributed by atoms with Crippen molar-refractivity contribution in [3.8, 4) is 23.0 Å². The van der Waals surface area contributed by atoms with Crippen LogP contribution in [0.25, 0.3) is 0 Å². The smallest absolute Gasteiger partial charge is 0.210 e. The molecule has 4 aromatic carbocycles. The van der Waals surface area contributed by atoms with Crippen molar-refractivity contribution in [1.29, 1.82) is 0 Å². The summed E-state index contributed by atoms with van der Waals surface area (Å²) in [5.41, 5.74) is 5.49. The maximum atomic E-state index is 6.97. The van der Waals surface area contributed by atoms with Crippen molar-refractivity contribution >= 4 is 0 Å². The molecule has 134 heavy (non-hydrogen) atoms. The first-order valence-corrected chi connectivity index (χ1v) is 55.7. The van der Waals surface area contributed by atoms with Crippen LogP contribution in [0.4, 0.5) is 0 Å². The molecule has 0 N–H and O–H groups in total. The Bertz CT molecular complexity index is 4260. The van der Waals surface area contributed by atoms with Gasteiger partial charge in [-0.1, -0.05) is 74.7 Å². The Morgan fingerprint density at radius 1 is 0.261 bits per heavy atom. The largest absolute Gasteiger partial charge is 0.494 e. The van der Waals surface area contributed by atoms with E-state index in [4.69, 9.17) is 81.7 Å². The van der Waals surface area contributed by atoms with E-state index >= 15 is 0 Å². The van der Waals surface area contributed by atoms with Crippen LogP contribution in [0, 0.1) is 94.7 Å². The lowest BCUT2D eigenvalue weighted by molar-refractivity contribution is -0.390. The molecule has 7 aliphatic heterocycles. The number of morpholine rings is 1. The van der Waals surface area contributed by atoms with Crippen molar-refractivity contribution < 1.29 is 81.7 Å². The van der Waals surface area contributed by atoms with Crippen LogP contribution in [0.5, 0.6) is 23.0 Å². The molecule has 8 atom stereocenters. The Morgan fingerprint density at radius 2 is 0.507 bits per heavy atom. The molecule has 0 amide bonds. The molecule has 7 heterocycles. The van der Waals surface area contributed by atoms with Gasteiger partial charge in [-0.25, -0.2) is 0 Å². The van der Waals surface area contributed by atoms with Crippen molar-refractivity contribution in [1.82, 2.24) is 14.7 Å². The summed E-state index contributed by atoms with van der Waals surface area (Å²) in [4.78, 5) is 57.3. The lowest BCUT2D eigenvalue weighted by Gasteiger charge is -2.57. The molecule has 16 bridgehead atoms. The minimum absolute atomic E-state index is 0.440. The predicted molar refractivity (Wildman–Crippen MR) is 508 cm³/mol. The van der Waals surface area contributed by atoms with Gasteiger partial charge < -0.3 is 47.5 Å². The molecule has 20 saturated carbocycles. The van der Waals surface area contributed by atoms with Crippen molar-refractivity contribution in [2.24, 2.45) is 94.7 Å². The summed E-state index contributed by atoms with van der Waals surface area (Å²) in [6.45, 7) is 17.4. The normalized spacial score (nSPS) is 43.4. The van der Waals surface area contributed by atoms with Gasteiger partial charge in [0.05, 0.1) is 33.0 Å². The van der Waals surface area contributed by atoms with Gasteiger partial charge in [-0.05, 0) is 393 Å². The number of piperidine rings is 2. The first-order chi connectivity index (χ1) is 65.8. The minimum Gasteiger partial charge on any atom is -0.494 e. The molecule has 0 radical (unpaired) electrons. The topological polar surface area (TPSA) is 167 Å². The van der Waals surface area contributed by atoms with Gasteiger partial charge in [-0.3, -0.25) is 9.80 Å². The minimum atomic E-state index is -0.563. The van der Waals surface area contributed by atoms with Crippen LogP contribution < -0.4 is 18.9 Å². The molecule has 4 unspecified atom stereocenters. The molecule has 20 nitrogen and oxygen atoms in total. The van der Waals surface area contributed by atoms with Crippen LogP contribution >= 0.6 is 0 Å². The lowest BCUT2D eigenvalue weighted by atomic mass is 9.53. The zero-order valence-electron chi connectivity index (χ0n) is 81.2. The van der Waals surface area contributed by atoms with Crippen molar-refractivity contribution in [3.05, 3.63) is 119 Å². The third-order valence-electron chi connectivity index (χ3n) is 39.1. The molecule has 4 aromatic rings. The van der Waals surface area contributed by atoms with E-state index < -0.39 is 46.3 Å². The molecule has 734 valence electrons. The summed E-state index contributed by atoms with van der Waals surface area (Å²) in [5, 5.41) is 0. The van der Waals surface area contributed by atoms with Gasteiger partial charge in [-0.15, -0.1) is 0 Å². The molecule has 8 spiro atoms. The number of likely N-dealkylation sites (tertiary alicyclic amines) is 2. The molecule has 20 heteroatoms. The number of nitrogens with zero attached hydrogens (tertiary/aromatic N) is 3. The van der Waals surface area contributed by atoms with E-state index in [0.717, 1.165) is 245 Å². The molecular formula is C114H161N3O17. The van der Waals surface area contributed by atoms with E-state index in [1.54, 1.807) is 0 Å². The van der Waals surface area contributed by atoms with Gasteiger partial charge in [0.25, 0.3) is 0 Å². The molecule has 20 aliphatic carbocycles. The quantitative estimate of drug-likeness (QED) is 0.0538. The van der Waals surface area contributed by atoms with Gasteiger partial charge in [-0.2, -0.15) is 39.1 Å². The van der Waals surface area contributed by atoms with Crippen LogP contribution in [0.3, 0.4) is 0 Å². The highest BCUT2D eigenvalue weighted by Crippen LogP contribution is 2.70. The third kappa shape index (κ3) is 18.9. The Kier molecular flexibility index (Phi) is 26.9. The predicted octanol–water partition coefficient (Wildman–Crippen LogP) is 24.1. The van der Waals surface area contributed by atoms with Crippen LogP contribution in [0.2, 0.25) is 0 Å². The van der Waals surface area contributed by atoms with E-state index in [1.165, 1.54) is 241 Å². The Morgan fingerprint density at radius 3 is 0.776 bits per heavy atom. The van der Waals surface area contributed by atoms with Gasteiger partial charge in [0.1, 0.15) is 29.6 Å². The molecule has 27 aliphatic rings. The van der Waals surface area contributed by atoms with Gasteiger partial charge in [0, 0.05) is 131 Å². The molecule has 7 saturated heterocycles. The van der Waals surface area contributed by atoms with E-state index in [1.807, 2.05) is 0 Å². The highest BCUT2D eigenvalue weighted by Gasteiger charge is 2.72. The number of unbranched alkanes of at least 4 members (excludes halogenated alkanes) is 1. The van der Waals surface area contributed by atoms with E-state index in [2.05, 4.69) is 119 Å². The molecule has 0 aromatic heterocycles. The number of benzene rings is 4. The van der Waals surface area contributed by atoms with Gasteiger partial charge in [0.2, 0.25) is 46.3 Å². The summed E-state index contributed by atoms with van der Waals surface area (Å²) >= 11 is 0. The third-order valence-corrected chi connectivity index (χ3v) is 39.1. The second-order valence-corrected chi connectivity index (χ2v) is 48.0. The maximum Gasteiger partial charge on any atom is 0.210 e. The van der Waals surface area contributed by atoms with Crippen molar-refractivity contribution in [2.45, 2.75) is 372 Å². The summed E-state index contributed by atoms with van der Waals surface area (Å²) in [7, 11) is 0. The van der Waals surface area contributed by atoms with E-state index in [-0.39, 0.29) is 0 Å². The first kappa shape index (κ1) is 91.9. The van der Waals surface area contributed by atoms with Crippen LogP contribution in [-0.2, 0) is 62.8 Å². The van der Waals surface area contributed by atoms with Crippen LogP contribution in [0.1, 0.15) is 348 Å². The second-order valence-electron chi connectivity index (χ2n) is 48.0. The number of hydrogen-bond donors (Lipinski definition) is 0. The molecule has 27 fully saturated rings. The fourth-order valence-electron chi connectivity index (χ4n) is 33.2. The zero-order valence-corrected chi connectivity index (χ0v) is 81.2. The highest BCUT2D eigenvalue weighted by atomic mass is 17.3. The number of rotatable bonds is 22. The SMILES string of the molecule is CCCCOc1ccc(C2CCC[C@]3(C2)OOC2(O3)C3CC4CC(C3)CC2C4)cc1.c1cc(C2CCC[C@]3(C2)OOC2(O3)C3CC4CC(C3)CC2C4)ccc1OCCCN1CCCCC1.c1cc(C2CCC[C@]3(C2)OOC2(O3)C3CC4CC(C3)CC2C4)ccc1OCCCN1CCOCC1.c1cc(C2CCC[C@]3(C2)OOC2(O3)C3CC4CC(C3)CC2C4)ccc1OCCN1CCCCC1. The fraction of sp³-hybridized carbons (Fsp3) is 0.789. The van der Waals surface area contributed by atoms with Crippen molar-refractivity contribution in [2.75, 3.05) is 98.5 Å². The highest BCUT2D eigenvalue weighted by molar-refractivity contribution is 5.34. The van der Waals surface area contributed by atoms with E-state index in [9.17, 15) is 0 Å². The molecular weight excluding hydrogens is 1680 g/mol. The van der Waals surface area contributed by atoms with E-state index in [0.29, 0.717) is 71.0 Å². The Labute approximate surface area is 799 Å². The average Bonchev–Trinajstić information content (AvgIpc) is 1.54. The first-order valence-electron chi connectivity index (χ1n) is 55.7. The lowest BCUT2D eigenvalue weighted by Crippen LogP contribution is -2.59. The monoisotopic (exact) mass is 1840 g/mol. The summed E-state index contributed by atoms with van der Waals surface area (Å²) < 4.78 is 57.3. The zero-order chi connectivity index (χ0) is 89.4.